The van der Waals surface area contributed by atoms with Crippen molar-refractivity contribution in [2.24, 2.45) is 5.73 Å². The summed E-state index contributed by atoms with van der Waals surface area (Å²) in [7, 11) is 0. The highest BCUT2D eigenvalue weighted by Gasteiger charge is 2.27. The Balaban J connectivity index is 0.00000338. The van der Waals surface area contributed by atoms with Gasteiger partial charge in [0, 0.05) is 32.1 Å². The first kappa shape index (κ1) is 22.5. The number of piperidine rings is 1. The Bertz CT molecular complexity index is 619. The zero-order valence-corrected chi connectivity index (χ0v) is 16.0. The van der Waals surface area contributed by atoms with Crippen molar-refractivity contribution in [1.82, 2.24) is 10.2 Å². The highest BCUT2D eigenvalue weighted by Crippen LogP contribution is 2.25. The summed E-state index contributed by atoms with van der Waals surface area (Å²) in [6, 6.07) is 3.70. The van der Waals surface area contributed by atoms with E-state index in [0.29, 0.717) is 19.6 Å². The van der Waals surface area contributed by atoms with E-state index in [0.717, 1.165) is 25.3 Å². The molecule has 0 aromatic heterocycles. The number of hydrogen-bond donors (Lipinski definition) is 2. The van der Waals surface area contributed by atoms with Crippen molar-refractivity contribution in [1.29, 1.82) is 0 Å². The third-order valence-corrected chi connectivity index (χ3v) is 4.39. The van der Waals surface area contributed by atoms with Crippen LogP contribution in [0.4, 0.5) is 4.39 Å². The van der Waals surface area contributed by atoms with Crippen LogP contribution in [0.1, 0.15) is 25.7 Å². The van der Waals surface area contributed by atoms with Crippen LogP contribution in [-0.4, -0.2) is 49.0 Å². The number of hydrogen-bond acceptors (Lipinski definition) is 4. The molecule has 1 aromatic carbocycles. The molecule has 0 aliphatic carbocycles. The number of carbonyl (C=O) groups excluding carboxylic acids is 2. The van der Waals surface area contributed by atoms with Gasteiger partial charge in [0.25, 0.3) is 5.91 Å². The van der Waals surface area contributed by atoms with Crippen LogP contribution in [0.3, 0.4) is 0 Å². The summed E-state index contributed by atoms with van der Waals surface area (Å²) in [4.78, 5) is 25.8. The van der Waals surface area contributed by atoms with Crippen molar-refractivity contribution < 1.29 is 18.7 Å². The van der Waals surface area contributed by atoms with Gasteiger partial charge in [-0.15, -0.1) is 12.4 Å². The Morgan fingerprint density at radius 3 is 2.85 bits per heavy atom. The molecule has 0 radical (unpaired) electrons. The van der Waals surface area contributed by atoms with E-state index < -0.39 is 5.82 Å². The maximum atomic E-state index is 13.0. The maximum Gasteiger partial charge on any atom is 0.260 e. The fraction of sp³-hybridized carbons (Fsp3) is 0.529. The number of ether oxygens (including phenoxy) is 1. The molecule has 26 heavy (non-hydrogen) atoms. The molecule has 3 N–H and O–H groups in total. The molecule has 1 heterocycles. The zero-order valence-electron chi connectivity index (χ0n) is 14.4. The Morgan fingerprint density at radius 2 is 2.15 bits per heavy atom. The lowest BCUT2D eigenvalue weighted by Gasteiger charge is -2.35. The SMILES string of the molecule is Cl.NCCC(=O)NCC1CCCCN1C(=O)COc1ccc(F)cc1Cl. The lowest BCUT2D eigenvalue weighted by atomic mass is 10.0. The molecule has 9 heteroatoms. The van der Waals surface area contributed by atoms with Gasteiger partial charge in [-0.25, -0.2) is 4.39 Å². The maximum absolute atomic E-state index is 13.0. The molecule has 0 saturated carbocycles. The average molecular weight is 408 g/mol. The van der Waals surface area contributed by atoms with Gasteiger partial charge in [-0.3, -0.25) is 9.59 Å². The van der Waals surface area contributed by atoms with Gasteiger partial charge in [-0.1, -0.05) is 11.6 Å². The minimum absolute atomic E-state index is 0. The topological polar surface area (TPSA) is 84.7 Å². The fourth-order valence-corrected chi connectivity index (χ4v) is 3.03. The van der Waals surface area contributed by atoms with Gasteiger partial charge in [-0.2, -0.15) is 0 Å². The number of nitrogens with zero attached hydrogens (tertiary/aromatic N) is 1. The number of likely N-dealkylation sites (tertiary alicyclic amines) is 1. The Labute approximate surface area is 163 Å². The molecule has 1 fully saturated rings. The van der Waals surface area contributed by atoms with Crippen molar-refractivity contribution >= 4 is 35.8 Å². The second-order valence-electron chi connectivity index (χ2n) is 5.94. The van der Waals surface area contributed by atoms with Crippen LogP contribution in [-0.2, 0) is 9.59 Å². The van der Waals surface area contributed by atoms with E-state index in [4.69, 9.17) is 22.1 Å². The van der Waals surface area contributed by atoms with Gasteiger partial charge in [0.15, 0.2) is 6.61 Å². The number of rotatable bonds is 7. The van der Waals surface area contributed by atoms with Crippen molar-refractivity contribution in [3.05, 3.63) is 29.0 Å². The Kier molecular flexibility index (Phi) is 9.69. The van der Waals surface area contributed by atoms with Gasteiger partial charge < -0.3 is 20.7 Å². The van der Waals surface area contributed by atoms with Crippen molar-refractivity contribution in [2.45, 2.75) is 31.7 Å². The molecule has 2 rings (SSSR count). The van der Waals surface area contributed by atoms with Crippen LogP contribution in [0.15, 0.2) is 18.2 Å². The molecule has 6 nitrogen and oxygen atoms in total. The number of halogens is 3. The van der Waals surface area contributed by atoms with Gasteiger partial charge >= 0.3 is 0 Å². The molecule has 0 bridgehead atoms. The summed E-state index contributed by atoms with van der Waals surface area (Å²) in [6.45, 7) is 1.14. The smallest absolute Gasteiger partial charge is 0.260 e. The number of nitrogens with two attached hydrogens (primary N) is 1. The van der Waals surface area contributed by atoms with Crippen LogP contribution in [0.25, 0.3) is 0 Å². The lowest BCUT2D eigenvalue weighted by Crippen LogP contribution is -2.50. The minimum Gasteiger partial charge on any atom is -0.482 e. The highest BCUT2D eigenvalue weighted by atomic mass is 35.5. The van der Waals surface area contributed by atoms with E-state index in [2.05, 4.69) is 5.32 Å². The van der Waals surface area contributed by atoms with Crippen LogP contribution in [0.2, 0.25) is 5.02 Å². The molecular formula is C17H24Cl2FN3O3. The average Bonchev–Trinajstić information content (AvgIpc) is 2.59. The van der Waals surface area contributed by atoms with E-state index in [1.165, 1.54) is 12.1 Å². The minimum atomic E-state index is -0.465. The number of nitrogens with one attached hydrogen (secondary N) is 1. The molecule has 1 atom stereocenters. The first-order chi connectivity index (χ1) is 12.0. The molecule has 2 amide bonds. The van der Waals surface area contributed by atoms with Crippen molar-refractivity contribution in [3.63, 3.8) is 0 Å². The molecule has 146 valence electrons. The predicted molar refractivity (Wildman–Crippen MR) is 100 cm³/mol. The van der Waals surface area contributed by atoms with Gasteiger partial charge in [0.05, 0.1) is 5.02 Å². The molecule has 1 unspecified atom stereocenters. The summed E-state index contributed by atoms with van der Waals surface area (Å²) >= 11 is 5.89. The van der Waals surface area contributed by atoms with E-state index in [9.17, 15) is 14.0 Å². The summed E-state index contributed by atoms with van der Waals surface area (Å²) in [6.07, 6.45) is 3.01. The van der Waals surface area contributed by atoms with E-state index >= 15 is 0 Å². The van der Waals surface area contributed by atoms with Crippen LogP contribution in [0, 0.1) is 5.82 Å². The zero-order chi connectivity index (χ0) is 18.2. The summed E-state index contributed by atoms with van der Waals surface area (Å²) in [5.41, 5.74) is 5.35. The number of carbonyl (C=O) groups is 2. The van der Waals surface area contributed by atoms with Crippen molar-refractivity contribution in [2.75, 3.05) is 26.2 Å². The Morgan fingerprint density at radius 1 is 1.38 bits per heavy atom. The standard InChI is InChI=1S/C17H23ClFN3O3.ClH/c18-14-9-12(19)4-5-15(14)25-11-17(24)22-8-2-1-3-13(22)10-21-16(23)6-7-20;/h4-5,9,13H,1-3,6-8,10-11,20H2,(H,21,23);1H. The number of amides is 2. The largest absolute Gasteiger partial charge is 0.482 e. The molecule has 1 aromatic rings. The summed E-state index contributed by atoms with van der Waals surface area (Å²) in [5, 5.41) is 2.93. The van der Waals surface area contributed by atoms with Gasteiger partial charge in [-0.05, 0) is 37.5 Å². The summed E-state index contributed by atoms with van der Waals surface area (Å²) in [5.74, 6) is -0.498. The number of benzene rings is 1. The first-order valence-corrected chi connectivity index (χ1v) is 8.73. The van der Waals surface area contributed by atoms with Crippen LogP contribution < -0.4 is 15.8 Å². The second kappa shape index (κ2) is 11.2. The normalized spacial score (nSPS) is 16.6. The predicted octanol–water partition coefficient (Wildman–Crippen LogP) is 2.13. The first-order valence-electron chi connectivity index (χ1n) is 8.35. The molecule has 1 aliphatic rings. The Hall–Kier alpha value is -1.57. The van der Waals surface area contributed by atoms with Crippen LogP contribution >= 0.6 is 24.0 Å². The molecule has 0 spiro atoms. The van der Waals surface area contributed by atoms with Gasteiger partial charge in [0.2, 0.25) is 5.91 Å². The summed E-state index contributed by atoms with van der Waals surface area (Å²) < 4.78 is 18.5. The highest BCUT2D eigenvalue weighted by molar-refractivity contribution is 6.32. The molecule has 1 saturated heterocycles. The second-order valence-corrected chi connectivity index (χ2v) is 6.35. The third-order valence-electron chi connectivity index (χ3n) is 4.10. The van der Waals surface area contributed by atoms with Crippen LogP contribution in [0.5, 0.6) is 5.75 Å². The van der Waals surface area contributed by atoms with E-state index in [-0.39, 0.29) is 54.1 Å². The molecule has 1 aliphatic heterocycles. The van der Waals surface area contributed by atoms with E-state index in [1.807, 2.05) is 0 Å². The third kappa shape index (κ3) is 6.63. The molecular weight excluding hydrogens is 384 g/mol. The fourth-order valence-electron chi connectivity index (χ4n) is 2.81. The quantitative estimate of drug-likeness (QED) is 0.724. The van der Waals surface area contributed by atoms with E-state index in [1.54, 1.807) is 4.90 Å². The lowest BCUT2D eigenvalue weighted by molar-refractivity contribution is -0.137. The van der Waals surface area contributed by atoms with Gasteiger partial charge in [0.1, 0.15) is 11.6 Å². The monoisotopic (exact) mass is 407 g/mol. The van der Waals surface area contributed by atoms with Crippen molar-refractivity contribution in [3.8, 4) is 5.75 Å².